The zero-order valence-corrected chi connectivity index (χ0v) is 16.2. The van der Waals surface area contributed by atoms with Gasteiger partial charge in [0.15, 0.2) is 11.5 Å². The molecule has 152 valence electrons. The van der Waals surface area contributed by atoms with Crippen molar-refractivity contribution < 1.29 is 23.8 Å². The molecule has 1 aromatic heterocycles. The monoisotopic (exact) mass is 399 g/mol. The van der Waals surface area contributed by atoms with E-state index >= 15 is 4.39 Å². The first kappa shape index (κ1) is 18.2. The molecule has 2 N–H and O–H groups in total. The van der Waals surface area contributed by atoms with Crippen molar-refractivity contribution in [3.05, 3.63) is 35.4 Å². The van der Waals surface area contributed by atoms with Gasteiger partial charge in [-0.25, -0.2) is 4.39 Å². The predicted octanol–water partition coefficient (Wildman–Crippen LogP) is 2.44. The molecule has 3 atom stereocenters. The molecule has 0 saturated heterocycles. The molecule has 1 aromatic carbocycles. The number of ketones is 1. The summed E-state index contributed by atoms with van der Waals surface area (Å²) in [5.41, 5.74) is 2.70. The van der Waals surface area contributed by atoms with Crippen LogP contribution < -0.4 is 15.0 Å². The van der Waals surface area contributed by atoms with E-state index in [9.17, 15) is 14.7 Å². The minimum Gasteiger partial charge on any atom is -0.488 e. The number of fused-ring (bicyclic) bond motifs is 1. The van der Waals surface area contributed by atoms with Gasteiger partial charge < -0.3 is 24.6 Å². The lowest BCUT2D eigenvalue weighted by Gasteiger charge is -2.42. The Hall–Kier alpha value is -2.87. The van der Waals surface area contributed by atoms with Crippen LogP contribution in [-0.4, -0.2) is 47.2 Å². The highest BCUT2D eigenvalue weighted by atomic mass is 19.1. The molecule has 0 aliphatic carbocycles. The second-order valence-corrected chi connectivity index (χ2v) is 8.05. The van der Waals surface area contributed by atoms with E-state index in [1.807, 2.05) is 24.1 Å². The van der Waals surface area contributed by atoms with Crippen molar-refractivity contribution in [2.45, 2.75) is 32.5 Å². The van der Waals surface area contributed by atoms with Gasteiger partial charge in [0.2, 0.25) is 0 Å². The standard InChI is InChI=1S/C21H22FN3O4/c1-10-9-29-20-17(12-5-16-11(2)23-3-4-24(16)7-12)15(22)6-13-18(20)25(10)8-14(19(13)26)21(27)28/h5-7,10-11,14,23H,3-4,8-9H2,1-2H3,(H,27,28)/t10-,11-,14?/m0/s1. The summed E-state index contributed by atoms with van der Waals surface area (Å²) in [6, 6.07) is 3.18. The molecule has 3 aliphatic heterocycles. The molecule has 2 aromatic rings. The molecule has 3 aliphatic rings. The number of carbonyl (C=O) groups is 2. The van der Waals surface area contributed by atoms with E-state index in [0.29, 0.717) is 29.2 Å². The van der Waals surface area contributed by atoms with Gasteiger partial charge in [0.25, 0.3) is 0 Å². The van der Waals surface area contributed by atoms with E-state index < -0.39 is 23.5 Å². The average Bonchev–Trinajstić information content (AvgIpc) is 3.10. The van der Waals surface area contributed by atoms with Crippen LogP contribution in [0.25, 0.3) is 11.1 Å². The number of hydrogen-bond donors (Lipinski definition) is 2. The topological polar surface area (TPSA) is 83.8 Å². The summed E-state index contributed by atoms with van der Waals surface area (Å²) >= 11 is 0. The van der Waals surface area contributed by atoms with E-state index in [4.69, 9.17) is 4.74 Å². The Morgan fingerprint density at radius 1 is 1.34 bits per heavy atom. The van der Waals surface area contributed by atoms with E-state index in [-0.39, 0.29) is 24.2 Å². The summed E-state index contributed by atoms with van der Waals surface area (Å²) < 4.78 is 23.4. The maximum absolute atomic E-state index is 15.3. The Kier molecular flexibility index (Phi) is 3.96. The Morgan fingerprint density at radius 3 is 2.86 bits per heavy atom. The van der Waals surface area contributed by atoms with E-state index in [1.54, 1.807) is 0 Å². The van der Waals surface area contributed by atoms with Gasteiger partial charge in [-0.05, 0) is 26.0 Å². The second kappa shape index (κ2) is 6.32. The number of hydrogen-bond acceptors (Lipinski definition) is 5. The maximum Gasteiger partial charge on any atom is 0.316 e. The number of aliphatic carboxylic acids is 1. The zero-order chi connectivity index (χ0) is 20.4. The lowest BCUT2D eigenvalue weighted by Crippen LogP contribution is -2.50. The summed E-state index contributed by atoms with van der Waals surface area (Å²) in [6.45, 7) is 5.98. The van der Waals surface area contributed by atoms with Gasteiger partial charge >= 0.3 is 5.97 Å². The number of nitrogens with zero attached hydrogens (tertiary/aromatic N) is 2. The number of benzene rings is 1. The molecular weight excluding hydrogens is 377 g/mol. The number of carboxylic acids is 1. The second-order valence-electron chi connectivity index (χ2n) is 8.05. The first-order valence-electron chi connectivity index (χ1n) is 9.83. The van der Waals surface area contributed by atoms with Gasteiger partial charge in [-0.2, -0.15) is 0 Å². The molecule has 29 heavy (non-hydrogen) atoms. The number of Topliss-reactive ketones (excluding diaryl/α,β-unsaturated/α-hetero) is 1. The van der Waals surface area contributed by atoms with E-state index in [1.165, 1.54) is 6.07 Å². The van der Waals surface area contributed by atoms with Crippen LogP contribution in [0, 0.1) is 11.7 Å². The number of rotatable bonds is 2. The fourth-order valence-electron chi connectivity index (χ4n) is 4.67. The fourth-order valence-corrected chi connectivity index (χ4v) is 4.67. The highest BCUT2D eigenvalue weighted by Crippen LogP contribution is 2.49. The molecule has 0 amide bonds. The Balaban J connectivity index is 1.71. The number of nitrogens with one attached hydrogen (secondary N) is 1. The summed E-state index contributed by atoms with van der Waals surface area (Å²) in [6.07, 6.45) is 1.92. The van der Waals surface area contributed by atoms with Crippen LogP contribution in [-0.2, 0) is 11.3 Å². The molecule has 5 rings (SSSR count). The molecule has 0 saturated carbocycles. The molecule has 1 unspecified atom stereocenters. The maximum atomic E-state index is 15.3. The van der Waals surface area contributed by atoms with Crippen molar-refractivity contribution >= 4 is 17.4 Å². The van der Waals surface area contributed by atoms with Crippen molar-refractivity contribution in [2.75, 3.05) is 24.6 Å². The van der Waals surface area contributed by atoms with Crippen LogP contribution in [0.4, 0.5) is 10.1 Å². The molecule has 0 fully saturated rings. The summed E-state index contributed by atoms with van der Waals surface area (Å²) in [4.78, 5) is 26.2. The Bertz CT molecular complexity index is 1050. The number of aromatic nitrogens is 1. The number of halogens is 1. The smallest absolute Gasteiger partial charge is 0.316 e. The molecule has 7 nitrogen and oxygen atoms in total. The number of carbonyl (C=O) groups excluding carboxylic acids is 1. The van der Waals surface area contributed by atoms with Gasteiger partial charge in [-0.3, -0.25) is 9.59 Å². The third kappa shape index (κ3) is 2.58. The number of ether oxygens (including phenoxy) is 1. The first-order valence-corrected chi connectivity index (χ1v) is 9.83. The van der Waals surface area contributed by atoms with Crippen LogP contribution in [0.5, 0.6) is 5.75 Å². The van der Waals surface area contributed by atoms with Crippen LogP contribution in [0.2, 0.25) is 0 Å². The molecule has 0 bridgehead atoms. The van der Waals surface area contributed by atoms with Gasteiger partial charge in [0.1, 0.15) is 18.3 Å². The zero-order valence-electron chi connectivity index (χ0n) is 16.2. The normalized spacial score (nSPS) is 25.3. The van der Waals surface area contributed by atoms with Gasteiger partial charge in [0.05, 0.1) is 17.3 Å². The third-order valence-electron chi connectivity index (χ3n) is 6.22. The van der Waals surface area contributed by atoms with Crippen molar-refractivity contribution in [3.8, 4) is 16.9 Å². The summed E-state index contributed by atoms with van der Waals surface area (Å²) in [5, 5.41) is 12.8. The largest absolute Gasteiger partial charge is 0.488 e. The van der Waals surface area contributed by atoms with Gasteiger partial charge in [-0.1, -0.05) is 0 Å². The predicted molar refractivity (Wildman–Crippen MR) is 104 cm³/mol. The van der Waals surface area contributed by atoms with E-state index in [2.05, 4.69) is 16.8 Å². The first-order chi connectivity index (χ1) is 13.9. The SMILES string of the molecule is C[C@@H]1NCCn2cc(-c3c(F)cc4c5c3OC[C@H](C)N5CC(C(=O)O)C4=O)cc21. The molecule has 4 heterocycles. The highest BCUT2D eigenvalue weighted by molar-refractivity contribution is 6.15. The van der Waals surface area contributed by atoms with Crippen molar-refractivity contribution in [1.82, 2.24) is 9.88 Å². The van der Waals surface area contributed by atoms with Crippen molar-refractivity contribution in [2.24, 2.45) is 5.92 Å². The highest BCUT2D eigenvalue weighted by Gasteiger charge is 2.43. The van der Waals surface area contributed by atoms with Crippen LogP contribution >= 0.6 is 0 Å². The van der Waals surface area contributed by atoms with Crippen LogP contribution in [0.15, 0.2) is 18.3 Å². The number of anilines is 1. The Morgan fingerprint density at radius 2 is 2.14 bits per heavy atom. The quantitative estimate of drug-likeness (QED) is 0.755. The average molecular weight is 399 g/mol. The fraction of sp³-hybridized carbons (Fsp3) is 0.429. The molecule has 0 radical (unpaired) electrons. The molecule has 8 heteroatoms. The van der Waals surface area contributed by atoms with Crippen LogP contribution in [0.1, 0.15) is 35.9 Å². The van der Waals surface area contributed by atoms with Gasteiger partial charge in [0, 0.05) is 48.7 Å². The minimum absolute atomic E-state index is 0.0665. The summed E-state index contributed by atoms with van der Waals surface area (Å²) in [7, 11) is 0. The third-order valence-corrected chi connectivity index (χ3v) is 6.22. The molecule has 0 spiro atoms. The minimum atomic E-state index is -1.20. The summed E-state index contributed by atoms with van der Waals surface area (Å²) in [5.74, 6) is -3.20. The Labute approximate surface area is 167 Å². The number of carboxylic acid groups (broad SMARTS) is 1. The van der Waals surface area contributed by atoms with Gasteiger partial charge in [-0.15, -0.1) is 0 Å². The van der Waals surface area contributed by atoms with Crippen molar-refractivity contribution in [3.63, 3.8) is 0 Å². The van der Waals surface area contributed by atoms with Crippen LogP contribution in [0.3, 0.4) is 0 Å². The van der Waals surface area contributed by atoms with E-state index in [0.717, 1.165) is 18.8 Å². The van der Waals surface area contributed by atoms with Crippen molar-refractivity contribution in [1.29, 1.82) is 0 Å². The lowest BCUT2D eigenvalue weighted by atomic mass is 9.87. The molecular formula is C21H22FN3O4. The lowest BCUT2D eigenvalue weighted by molar-refractivity contribution is -0.139.